The monoisotopic (exact) mass is 379 g/mol. The van der Waals surface area contributed by atoms with Crippen molar-refractivity contribution in [1.29, 1.82) is 0 Å². The molecule has 0 saturated carbocycles. The third-order valence-electron chi connectivity index (χ3n) is 3.33. The smallest absolute Gasteiger partial charge is 0.265 e. The molecule has 0 bridgehead atoms. The van der Waals surface area contributed by atoms with Crippen LogP contribution < -0.4 is 10.1 Å². The van der Waals surface area contributed by atoms with Gasteiger partial charge >= 0.3 is 0 Å². The zero-order chi connectivity index (χ0) is 17.0. The van der Waals surface area contributed by atoms with Crippen LogP contribution in [-0.4, -0.2) is 12.0 Å². The highest BCUT2D eigenvalue weighted by molar-refractivity contribution is 9.10. The summed E-state index contributed by atoms with van der Waals surface area (Å²) in [5.74, 6) is -0.220. The summed E-state index contributed by atoms with van der Waals surface area (Å²) in [5.41, 5.74) is 2.27. The maximum atomic E-state index is 13.8. The molecule has 0 radical (unpaired) electrons. The molecule has 0 saturated heterocycles. The Morgan fingerprint density at radius 1 is 1.22 bits per heavy atom. The van der Waals surface area contributed by atoms with Crippen LogP contribution in [0.25, 0.3) is 0 Å². The molecule has 0 spiro atoms. The Kier molecular flexibility index (Phi) is 5.77. The van der Waals surface area contributed by atoms with Crippen LogP contribution >= 0.6 is 15.9 Å². The molecule has 0 aliphatic carbocycles. The predicted molar refractivity (Wildman–Crippen MR) is 93.4 cm³/mol. The first-order valence-electron chi connectivity index (χ1n) is 7.40. The van der Waals surface area contributed by atoms with E-state index in [1.807, 2.05) is 39.0 Å². The number of aryl methyl sites for hydroxylation is 2. The molecule has 1 unspecified atom stereocenters. The zero-order valence-electron chi connectivity index (χ0n) is 13.3. The van der Waals surface area contributed by atoms with Crippen LogP contribution in [0.3, 0.4) is 0 Å². The Bertz CT molecular complexity index is 698. The van der Waals surface area contributed by atoms with Crippen LogP contribution in [0, 0.1) is 19.7 Å². The van der Waals surface area contributed by atoms with E-state index in [9.17, 15) is 9.18 Å². The van der Waals surface area contributed by atoms with E-state index in [0.717, 1.165) is 11.1 Å². The molecular weight excluding hydrogens is 361 g/mol. The molecule has 1 N–H and O–H groups in total. The molecule has 3 nitrogen and oxygen atoms in total. The maximum absolute atomic E-state index is 13.8. The topological polar surface area (TPSA) is 38.3 Å². The van der Waals surface area contributed by atoms with E-state index in [-0.39, 0.29) is 11.6 Å². The summed E-state index contributed by atoms with van der Waals surface area (Å²) in [6, 6.07) is 10.3. The van der Waals surface area contributed by atoms with Crippen LogP contribution in [0.1, 0.15) is 24.5 Å². The lowest BCUT2D eigenvalue weighted by Gasteiger charge is -2.18. The van der Waals surface area contributed by atoms with E-state index in [0.29, 0.717) is 16.6 Å². The molecule has 0 heterocycles. The lowest BCUT2D eigenvalue weighted by Crippen LogP contribution is -2.32. The van der Waals surface area contributed by atoms with Gasteiger partial charge in [0.1, 0.15) is 11.6 Å². The van der Waals surface area contributed by atoms with E-state index >= 15 is 0 Å². The SMILES string of the molecule is CCC(Oc1cc(C)cc(C)c1)C(=O)Nc1ccc(Br)cc1F. The van der Waals surface area contributed by atoms with Crippen molar-refractivity contribution in [2.24, 2.45) is 0 Å². The van der Waals surface area contributed by atoms with Gasteiger partial charge in [-0.3, -0.25) is 4.79 Å². The molecular formula is C18H19BrFNO2. The van der Waals surface area contributed by atoms with E-state index in [2.05, 4.69) is 21.2 Å². The van der Waals surface area contributed by atoms with Crippen molar-refractivity contribution in [3.8, 4) is 5.75 Å². The van der Waals surface area contributed by atoms with Crippen molar-refractivity contribution in [2.45, 2.75) is 33.3 Å². The van der Waals surface area contributed by atoms with Crippen molar-refractivity contribution in [1.82, 2.24) is 0 Å². The number of rotatable bonds is 5. The number of nitrogens with one attached hydrogen (secondary N) is 1. The quantitative estimate of drug-likeness (QED) is 0.793. The Labute approximate surface area is 144 Å². The Morgan fingerprint density at radius 3 is 2.43 bits per heavy atom. The fraction of sp³-hybridized carbons (Fsp3) is 0.278. The number of benzene rings is 2. The molecule has 23 heavy (non-hydrogen) atoms. The molecule has 0 aliphatic heterocycles. The summed E-state index contributed by atoms with van der Waals surface area (Å²) < 4.78 is 20.2. The number of carbonyl (C=O) groups is 1. The van der Waals surface area contributed by atoms with Gasteiger partial charge in [-0.2, -0.15) is 0 Å². The standard InChI is InChI=1S/C18H19BrFNO2/c1-4-17(23-14-8-11(2)7-12(3)9-14)18(22)21-16-6-5-13(19)10-15(16)20/h5-10,17H,4H2,1-3H3,(H,21,22). The fourth-order valence-electron chi connectivity index (χ4n) is 2.29. The first-order valence-corrected chi connectivity index (χ1v) is 8.19. The molecule has 2 aromatic rings. The average molecular weight is 380 g/mol. The molecule has 5 heteroatoms. The fourth-order valence-corrected chi connectivity index (χ4v) is 2.62. The summed E-state index contributed by atoms with van der Waals surface area (Å²) >= 11 is 3.19. The van der Waals surface area contributed by atoms with Crippen LogP contribution in [0.15, 0.2) is 40.9 Å². The van der Waals surface area contributed by atoms with Gasteiger partial charge in [0.15, 0.2) is 6.10 Å². The zero-order valence-corrected chi connectivity index (χ0v) is 14.9. The number of amides is 1. The number of hydrogen-bond acceptors (Lipinski definition) is 2. The van der Waals surface area contributed by atoms with Crippen molar-refractivity contribution >= 4 is 27.5 Å². The van der Waals surface area contributed by atoms with Crippen LogP contribution in [0.2, 0.25) is 0 Å². The maximum Gasteiger partial charge on any atom is 0.265 e. The summed E-state index contributed by atoms with van der Waals surface area (Å²) in [5, 5.41) is 2.58. The minimum absolute atomic E-state index is 0.140. The van der Waals surface area contributed by atoms with Gasteiger partial charge in [0.25, 0.3) is 5.91 Å². The normalized spacial score (nSPS) is 11.9. The first-order chi connectivity index (χ1) is 10.9. The highest BCUT2D eigenvalue weighted by Gasteiger charge is 2.20. The molecule has 1 amide bonds. The molecule has 0 fully saturated rings. The van der Waals surface area contributed by atoms with Gasteiger partial charge in [0.05, 0.1) is 5.69 Å². The van der Waals surface area contributed by atoms with Crippen molar-refractivity contribution in [3.63, 3.8) is 0 Å². The summed E-state index contributed by atoms with van der Waals surface area (Å²) in [4.78, 5) is 12.3. The summed E-state index contributed by atoms with van der Waals surface area (Å²) in [6.45, 7) is 5.79. The minimum Gasteiger partial charge on any atom is -0.481 e. The predicted octanol–water partition coefficient (Wildman–Crippen LogP) is 5.00. The van der Waals surface area contributed by atoms with Gasteiger partial charge in [0.2, 0.25) is 0 Å². The van der Waals surface area contributed by atoms with Gasteiger partial charge in [-0.05, 0) is 61.7 Å². The van der Waals surface area contributed by atoms with Gasteiger partial charge in [-0.1, -0.05) is 28.9 Å². The van der Waals surface area contributed by atoms with Crippen LogP contribution in [0.5, 0.6) is 5.75 Å². The van der Waals surface area contributed by atoms with Gasteiger partial charge in [-0.25, -0.2) is 4.39 Å². The van der Waals surface area contributed by atoms with Crippen molar-refractivity contribution in [3.05, 3.63) is 57.8 Å². The Morgan fingerprint density at radius 2 is 1.87 bits per heavy atom. The molecule has 0 aliphatic rings. The highest BCUT2D eigenvalue weighted by Crippen LogP contribution is 2.22. The summed E-state index contributed by atoms with van der Waals surface area (Å²) in [7, 11) is 0. The Balaban J connectivity index is 2.12. The largest absolute Gasteiger partial charge is 0.481 e. The van der Waals surface area contributed by atoms with E-state index in [1.54, 1.807) is 6.07 Å². The van der Waals surface area contributed by atoms with Crippen molar-refractivity contribution in [2.75, 3.05) is 5.32 Å². The second-order valence-electron chi connectivity index (χ2n) is 5.45. The molecule has 1 atom stereocenters. The first kappa shape index (κ1) is 17.5. The summed E-state index contributed by atoms with van der Waals surface area (Å²) in [6.07, 6.45) is -0.198. The van der Waals surface area contributed by atoms with Gasteiger partial charge < -0.3 is 10.1 Å². The van der Waals surface area contributed by atoms with E-state index in [1.165, 1.54) is 12.1 Å². The number of ether oxygens (including phenoxy) is 1. The van der Waals surface area contributed by atoms with E-state index < -0.39 is 11.9 Å². The van der Waals surface area contributed by atoms with Crippen molar-refractivity contribution < 1.29 is 13.9 Å². The molecule has 2 rings (SSSR count). The average Bonchev–Trinajstić information content (AvgIpc) is 2.46. The third kappa shape index (κ3) is 4.79. The van der Waals surface area contributed by atoms with Crippen LogP contribution in [0.4, 0.5) is 10.1 Å². The van der Waals surface area contributed by atoms with E-state index in [4.69, 9.17) is 4.74 Å². The number of anilines is 1. The number of halogens is 2. The molecule has 0 aromatic heterocycles. The number of carbonyl (C=O) groups excluding carboxylic acids is 1. The van der Waals surface area contributed by atoms with Gasteiger partial charge in [0, 0.05) is 4.47 Å². The number of hydrogen-bond donors (Lipinski definition) is 1. The molecule has 2 aromatic carbocycles. The highest BCUT2D eigenvalue weighted by atomic mass is 79.9. The van der Waals surface area contributed by atoms with Gasteiger partial charge in [-0.15, -0.1) is 0 Å². The van der Waals surface area contributed by atoms with Crippen LogP contribution in [-0.2, 0) is 4.79 Å². The lowest BCUT2D eigenvalue weighted by atomic mass is 10.1. The lowest BCUT2D eigenvalue weighted by molar-refractivity contribution is -0.122. The third-order valence-corrected chi connectivity index (χ3v) is 3.82. The second kappa shape index (κ2) is 7.59. The minimum atomic E-state index is -0.681. The Hall–Kier alpha value is -1.88. The second-order valence-corrected chi connectivity index (χ2v) is 6.37. The molecule has 122 valence electrons.